The normalized spacial score (nSPS) is 13.8. The molecule has 0 unspecified atom stereocenters. The van der Waals surface area contributed by atoms with Crippen molar-refractivity contribution in [3.05, 3.63) is 15.8 Å². The monoisotopic (exact) mass is 216 g/mol. The molecular weight excluding hydrogens is 202 g/mol. The SMILES string of the molecule is [2H]C([2H])([2H])n1nc(CCC)c([N+](=O)[O-])c1OC=O. The van der Waals surface area contributed by atoms with Crippen LogP contribution in [0.3, 0.4) is 0 Å². The van der Waals surface area contributed by atoms with Gasteiger partial charge in [0.25, 0.3) is 12.4 Å². The van der Waals surface area contributed by atoms with Crippen molar-refractivity contribution in [1.82, 2.24) is 9.78 Å². The van der Waals surface area contributed by atoms with Gasteiger partial charge in [0.15, 0.2) is 0 Å². The first-order valence-electron chi connectivity index (χ1n) is 5.70. The zero-order valence-corrected chi connectivity index (χ0v) is 7.97. The maximum Gasteiger partial charge on any atom is 0.354 e. The second-order valence-electron chi connectivity index (χ2n) is 2.73. The number of aromatic nitrogens is 2. The number of nitro groups is 1. The fraction of sp³-hybridized carbons (Fsp3) is 0.500. The average molecular weight is 216 g/mol. The smallest absolute Gasteiger partial charge is 0.354 e. The zero-order chi connectivity index (χ0) is 13.9. The Morgan fingerprint density at radius 2 is 2.53 bits per heavy atom. The molecule has 0 aliphatic carbocycles. The van der Waals surface area contributed by atoms with Crippen molar-refractivity contribution >= 4 is 12.2 Å². The van der Waals surface area contributed by atoms with Crippen molar-refractivity contribution in [2.75, 3.05) is 0 Å². The molecule has 0 saturated carbocycles. The lowest BCUT2D eigenvalue weighted by Crippen LogP contribution is -1.99. The van der Waals surface area contributed by atoms with Crippen LogP contribution in [0.2, 0.25) is 0 Å². The Balaban J connectivity index is 3.48. The maximum absolute atomic E-state index is 10.9. The van der Waals surface area contributed by atoms with Crippen LogP contribution in [0.1, 0.15) is 23.2 Å². The number of hydrogen-bond donors (Lipinski definition) is 0. The second-order valence-corrected chi connectivity index (χ2v) is 2.73. The minimum Gasteiger partial charge on any atom is -0.403 e. The summed E-state index contributed by atoms with van der Waals surface area (Å²) >= 11 is 0. The van der Waals surface area contributed by atoms with Crippen molar-refractivity contribution in [2.45, 2.75) is 19.8 Å². The molecule has 0 bridgehead atoms. The van der Waals surface area contributed by atoms with E-state index in [9.17, 15) is 14.9 Å². The van der Waals surface area contributed by atoms with E-state index < -0.39 is 23.5 Å². The molecule has 0 aromatic carbocycles. The Labute approximate surface area is 90.0 Å². The van der Waals surface area contributed by atoms with Gasteiger partial charge in [0.05, 0.1) is 4.92 Å². The van der Waals surface area contributed by atoms with E-state index in [-0.39, 0.29) is 18.6 Å². The topological polar surface area (TPSA) is 87.3 Å². The van der Waals surface area contributed by atoms with Gasteiger partial charge < -0.3 is 4.74 Å². The summed E-state index contributed by atoms with van der Waals surface area (Å²) in [7, 11) is 0. The molecule has 0 saturated heterocycles. The van der Waals surface area contributed by atoms with Crippen LogP contribution in [0.15, 0.2) is 0 Å². The molecule has 0 fully saturated rings. The molecule has 0 aliphatic rings. The first-order valence-corrected chi connectivity index (χ1v) is 4.20. The van der Waals surface area contributed by atoms with Crippen LogP contribution < -0.4 is 4.74 Å². The third-order valence-electron chi connectivity index (χ3n) is 1.72. The Bertz CT molecular complexity index is 469. The Morgan fingerprint density at radius 3 is 3.00 bits per heavy atom. The number of ether oxygens (including phenoxy) is 1. The van der Waals surface area contributed by atoms with Crippen molar-refractivity contribution < 1.29 is 18.6 Å². The average Bonchev–Trinajstić information content (AvgIpc) is 2.57. The van der Waals surface area contributed by atoms with Crippen molar-refractivity contribution in [2.24, 2.45) is 6.98 Å². The number of hydrogen-bond acceptors (Lipinski definition) is 5. The van der Waals surface area contributed by atoms with Gasteiger partial charge in [0, 0.05) is 11.1 Å². The molecule has 1 rings (SSSR count). The summed E-state index contributed by atoms with van der Waals surface area (Å²) in [5.74, 6) is -0.668. The van der Waals surface area contributed by atoms with Gasteiger partial charge in [-0.15, -0.1) is 0 Å². The molecule has 7 heteroatoms. The largest absolute Gasteiger partial charge is 0.403 e. The number of aryl methyl sites for hydroxylation is 2. The highest BCUT2D eigenvalue weighted by Crippen LogP contribution is 2.30. The molecule has 7 nitrogen and oxygen atoms in total. The van der Waals surface area contributed by atoms with Crippen LogP contribution in [-0.2, 0) is 18.2 Å². The van der Waals surface area contributed by atoms with Crippen LogP contribution >= 0.6 is 0 Å². The Morgan fingerprint density at radius 1 is 1.80 bits per heavy atom. The van der Waals surface area contributed by atoms with E-state index >= 15 is 0 Å². The molecule has 0 aliphatic heterocycles. The van der Waals surface area contributed by atoms with Crippen molar-refractivity contribution in [3.8, 4) is 5.88 Å². The first-order chi connectivity index (χ1) is 8.32. The maximum atomic E-state index is 10.9. The van der Waals surface area contributed by atoms with Crippen molar-refractivity contribution in [3.63, 3.8) is 0 Å². The van der Waals surface area contributed by atoms with E-state index in [1.54, 1.807) is 6.92 Å². The molecular formula is C8H11N3O4. The fourth-order valence-corrected chi connectivity index (χ4v) is 1.18. The first kappa shape index (κ1) is 7.38. The number of carbonyl (C=O) groups excluding carboxylic acids is 1. The number of carbonyl (C=O) groups is 1. The summed E-state index contributed by atoms with van der Waals surface area (Å²) in [6, 6.07) is 0. The van der Waals surface area contributed by atoms with Crippen molar-refractivity contribution in [1.29, 1.82) is 0 Å². The van der Waals surface area contributed by atoms with Gasteiger partial charge in [-0.2, -0.15) is 5.10 Å². The highest BCUT2D eigenvalue weighted by molar-refractivity contribution is 5.53. The van der Waals surface area contributed by atoms with E-state index in [0.29, 0.717) is 11.1 Å². The lowest BCUT2D eigenvalue weighted by molar-refractivity contribution is -0.386. The number of rotatable bonds is 5. The third kappa shape index (κ3) is 2.12. The van der Waals surface area contributed by atoms with Crippen LogP contribution in [0.4, 0.5) is 5.69 Å². The molecule has 0 amide bonds. The van der Waals surface area contributed by atoms with Gasteiger partial charge in [-0.1, -0.05) is 13.3 Å². The highest BCUT2D eigenvalue weighted by Gasteiger charge is 2.27. The molecule has 1 aromatic heterocycles. The Kier molecular flexibility index (Phi) is 2.23. The highest BCUT2D eigenvalue weighted by atomic mass is 16.6. The minimum absolute atomic E-state index is 0.0181. The molecule has 0 radical (unpaired) electrons. The summed E-state index contributed by atoms with van der Waals surface area (Å²) in [5, 5.41) is 14.5. The molecule has 0 atom stereocenters. The van der Waals surface area contributed by atoms with E-state index in [0.717, 1.165) is 0 Å². The van der Waals surface area contributed by atoms with Gasteiger partial charge >= 0.3 is 5.69 Å². The summed E-state index contributed by atoms with van der Waals surface area (Å²) in [4.78, 5) is 20.4. The molecule has 1 heterocycles. The molecule has 0 spiro atoms. The summed E-state index contributed by atoms with van der Waals surface area (Å²) in [6.07, 6.45) is 0.758. The summed E-state index contributed by atoms with van der Waals surface area (Å²) in [6.45, 7) is -1.06. The van der Waals surface area contributed by atoms with Gasteiger partial charge in [-0.25, -0.2) is 4.68 Å². The Hall–Kier alpha value is -1.92. The molecule has 15 heavy (non-hydrogen) atoms. The molecule has 0 N–H and O–H groups in total. The van der Waals surface area contributed by atoms with Gasteiger partial charge in [-0.05, 0) is 6.42 Å². The minimum atomic E-state index is -2.75. The summed E-state index contributed by atoms with van der Waals surface area (Å²) < 4.78 is 26.4. The molecule has 82 valence electrons. The predicted molar refractivity (Wildman–Crippen MR) is 50.5 cm³/mol. The number of nitrogens with zero attached hydrogens (tertiary/aromatic N) is 3. The standard InChI is InChI=1S/C8H11N3O4/c1-3-4-6-7(11(13)14)8(15-5-12)10(2)9-6/h5H,3-4H2,1-2H3/i2D3. The molecule has 1 aromatic rings. The zero-order valence-electron chi connectivity index (χ0n) is 11.0. The lowest BCUT2D eigenvalue weighted by atomic mass is 10.2. The lowest BCUT2D eigenvalue weighted by Gasteiger charge is -1.95. The van der Waals surface area contributed by atoms with Crippen LogP contribution in [0, 0.1) is 10.1 Å². The quantitative estimate of drug-likeness (QED) is 0.413. The van der Waals surface area contributed by atoms with E-state index in [1.165, 1.54) is 0 Å². The van der Waals surface area contributed by atoms with Crippen LogP contribution in [0.5, 0.6) is 5.88 Å². The fourth-order valence-electron chi connectivity index (χ4n) is 1.18. The van der Waals surface area contributed by atoms with E-state index in [1.807, 2.05) is 0 Å². The van der Waals surface area contributed by atoms with E-state index in [2.05, 4.69) is 9.84 Å². The second kappa shape index (κ2) is 4.54. The van der Waals surface area contributed by atoms with Crippen LogP contribution in [-0.4, -0.2) is 21.2 Å². The van der Waals surface area contributed by atoms with Gasteiger partial charge in [0.1, 0.15) is 5.69 Å². The van der Waals surface area contributed by atoms with E-state index in [4.69, 9.17) is 4.11 Å². The summed E-state index contributed by atoms with van der Waals surface area (Å²) in [5.41, 5.74) is -0.601. The third-order valence-corrected chi connectivity index (χ3v) is 1.72. The van der Waals surface area contributed by atoms with Gasteiger partial charge in [-0.3, -0.25) is 14.9 Å². The van der Waals surface area contributed by atoms with Crippen LogP contribution in [0.25, 0.3) is 0 Å². The predicted octanol–water partition coefficient (Wildman–Crippen LogP) is 0.816. The van der Waals surface area contributed by atoms with Gasteiger partial charge in [0.2, 0.25) is 0 Å².